The van der Waals surface area contributed by atoms with E-state index < -0.39 is 0 Å². The van der Waals surface area contributed by atoms with Crippen molar-refractivity contribution in [2.45, 2.75) is 0 Å². The van der Waals surface area contributed by atoms with E-state index in [9.17, 15) is 0 Å². The molecule has 0 radical (unpaired) electrons. The maximum absolute atomic E-state index is 8.39. The van der Waals surface area contributed by atoms with E-state index in [1.54, 1.807) is 0 Å². The number of hydrogen-bond donors (Lipinski definition) is 0. The van der Waals surface area contributed by atoms with Crippen LogP contribution in [0, 0.1) is 39.8 Å². The van der Waals surface area contributed by atoms with Crippen molar-refractivity contribution in [3.63, 3.8) is 0 Å². The standard InChI is InChI=1S/Ce.Co.2O. The Morgan fingerprint density at radius 2 is 1.25 bits per heavy atom. The van der Waals surface area contributed by atoms with Crippen LogP contribution in [0.25, 0.3) is 0 Å². The molecule has 0 saturated carbocycles. The second-order valence-electron chi connectivity index (χ2n) is 0. The van der Waals surface area contributed by atoms with Gasteiger partial charge in [0.2, 0.25) is 0 Å². The van der Waals surface area contributed by atoms with Crippen LogP contribution in [0.3, 0.4) is 0 Å². The molecule has 2 nitrogen and oxygen atoms in total. The molecule has 0 aromatic carbocycles. The van der Waals surface area contributed by atoms with Crippen molar-refractivity contribution in [1.29, 1.82) is 0 Å². The van der Waals surface area contributed by atoms with E-state index in [1.807, 2.05) is 0 Å². The zero-order valence-corrected chi connectivity index (χ0v) is 5.83. The molecule has 4 heteroatoms. The molecule has 4 heavy (non-hydrogen) atoms. The zero-order valence-electron chi connectivity index (χ0n) is 1.65. The van der Waals surface area contributed by atoms with Gasteiger partial charge >= 0.3 is 60.2 Å². The second-order valence-corrected chi connectivity index (χ2v) is 0. The second kappa shape index (κ2) is 24.7. The topological polar surface area (TPSA) is 34.1 Å². The Hall–Kier alpha value is 1.48. The minimum absolute atomic E-state index is 0.0556. The van der Waals surface area contributed by atoms with Crippen molar-refractivity contribution in [3.8, 4) is 0 Å². The van der Waals surface area contributed by atoms with Crippen LogP contribution in [-0.4, -0.2) is 0 Å². The molecule has 0 spiro atoms. The predicted octanol–water partition coefficient (Wildman–Crippen LogP) is -0.240. The maximum atomic E-state index is 8.39. The van der Waals surface area contributed by atoms with Gasteiger partial charge in [-0.2, -0.15) is 0 Å². The van der Waals surface area contributed by atoms with Gasteiger partial charge in [-0.1, -0.05) is 0 Å². The van der Waals surface area contributed by atoms with Gasteiger partial charge in [-0.25, -0.2) is 0 Å². The van der Waals surface area contributed by atoms with Crippen LogP contribution in [0.1, 0.15) is 0 Å². The summed E-state index contributed by atoms with van der Waals surface area (Å²) >= 11 is 2.37. The summed E-state index contributed by atoms with van der Waals surface area (Å²) < 4.78 is 16.3. The Balaban J connectivity index is 0. The van der Waals surface area contributed by atoms with E-state index in [2.05, 4.69) is 15.7 Å². The molecule has 0 N–H and O–H groups in total. The van der Waals surface area contributed by atoms with Crippen LogP contribution in [-0.2, 0) is 20.5 Å². The van der Waals surface area contributed by atoms with Crippen molar-refractivity contribution in [2.75, 3.05) is 0 Å². The Morgan fingerprint density at radius 3 is 1.25 bits per heavy atom. The van der Waals surface area contributed by atoms with Gasteiger partial charge in [0.15, 0.2) is 0 Å². The van der Waals surface area contributed by atoms with Crippen molar-refractivity contribution in [2.24, 2.45) is 0 Å². The summed E-state index contributed by atoms with van der Waals surface area (Å²) in [4.78, 5) is 0. The molecule has 0 unspecified atom stereocenters. The first-order valence-corrected chi connectivity index (χ1v) is 2.05. The Kier molecular flexibility index (Phi) is 56.2. The molecular formula is CeCoO2. The minimum atomic E-state index is 0.0556. The molecule has 0 aliphatic heterocycles. The van der Waals surface area contributed by atoms with Gasteiger partial charge in [0.05, 0.1) is 0 Å². The molecule has 0 aromatic heterocycles. The quantitative estimate of drug-likeness (QED) is 0.576. The van der Waals surface area contributed by atoms with Crippen LogP contribution >= 0.6 is 0 Å². The van der Waals surface area contributed by atoms with Gasteiger partial charge in [0, 0.05) is 0 Å². The average molecular weight is 231 g/mol. The first kappa shape index (κ1) is 9.08. The molecule has 0 heterocycles. The van der Waals surface area contributed by atoms with E-state index in [-0.39, 0.29) is 39.8 Å². The summed E-state index contributed by atoms with van der Waals surface area (Å²) in [6.45, 7) is 0. The zero-order chi connectivity index (χ0) is 4.00. The molecule has 0 atom stereocenters. The van der Waals surface area contributed by atoms with Crippen LogP contribution in [0.4, 0.5) is 0 Å². The first-order valence-electron chi connectivity index (χ1n) is 0.340. The van der Waals surface area contributed by atoms with E-state index in [1.165, 1.54) is 0 Å². The molecule has 0 amide bonds. The van der Waals surface area contributed by atoms with Gasteiger partial charge in [0.1, 0.15) is 0 Å². The van der Waals surface area contributed by atoms with Crippen molar-refractivity contribution >= 4 is 0 Å². The molecule has 0 bridgehead atoms. The number of hydrogen-bond acceptors (Lipinski definition) is 2. The summed E-state index contributed by atoms with van der Waals surface area (Å²) in [5.41, 5.74) is 0. The SMILES string of the molecule is [O]=[Ce].[O]=[Co]. The molecule has 0 aromatic rings. The molecule has 0 saturated heterocycles. The Morgan fingerprint density at radius 1 is 1.25 bits per heavy atom. The molecule has 0 aliphatic rings. The summed E-state index contributed by atoms with van der Waals surface area (Å²) in [6, 6.07) is 0. The molecule has 0 rings (SSSR count). The van der Waals surface area contributed by atoms with Crippen LogP contribution in [0.5, 0.6) is 0 Å². The third kappa shape index (κ3) is 9.76. The van der Waals surface area contributed by atoms with Gasteiger partial charge in [-0.05, 0) is 0 Å². The molecule has 0 aliphatic carbocycles. The van der Waals surface area contributed by atoms with E-state index >= 15 is 0 Å². The summed E-state index contributed by atoms with van der Waals surface area (Å²) in [5.74, 6) is 0. The first-order chi connectivity index (χ1) is 2.00. The summed E-state index contributed by atoms with van der Waals surface area (Å²) in [6.07, 6.45) is 0. The van der Waals surface area contributed by atoms with Gasteiger partial charge < -0.3 is 0 Å². The monoisotopic (exact) mass is 231 g/mol. The Bertz CT molecular complexity index is 8.00. The molecule has 0 fully saturated rings. The summed E-state index contributed by atoms with van der Waals surface area (Å²) in [7, 11) is 0. The Labute approximate surface area is 59.3 Å². The van der Waals surface area contributed by atoms with Gasteiger partial charge in [-0.3, -0.25) is 0 Å². The normalized spacial score (nSPS) is 2.00. The average Bonchev–Trinajstić information content (AvgIpc) is 1.50. The fourth-order valence-electron chi connectivity index (χ4n) is 0. The molecular weight excluding hydrogens is 231 g/mol. The van der Waals surface area contributed by atoms with Crippen LogP contribution < -0.4 is 0 Å². The van der Waals surface area contributed by atoms with Crippen molar-refractivity contribution in [1.82, 2.24) is 0 Å². The van der Waals surface area contributed by atoms with Crippen molar-refractivity contribution < 1.29 is 60.2 Å². The van der Waals surface area contributed by atoms with Crippen molar-refractivity contribution in [3.05, 3.63) is 0 Å². The van der Waals surface area contributed by atoms with E-state index in [4.69, 9.17) is 4.80 Å². The van der Waals surface area contributed by atoms with E-state index in [0.29, 0.717) is 0 Å². The van der Waals surface area contributed by atoms with Crippen LogP contribution in [0.2, 0.25) is 0 Å². The van der Waals surface area contributed by atoms with Gasteiger partial charge in [0.25, 0.3) is 0 Å². The van der Waals surface area contributed by atoms with Gasteiger partial charge in [-0.15, -0.1) is 0 Å². The van der Waals surface area contributed by atoms with Crippen LogP contribution in [0.15, 0.2) is 0 Å². The third-order valence-electron chi connectivity index (χ3n) is 0. The fourth-order valence-corrected chi connectivity index (χ4v) is 0. The number of rotatable bonds is 0. The summed E-state index contributed by atoms with van der Waals surface area (Å²) in [5, 5.41) is 0. The fraction of sp³-hybridized carbons (Fsp3) is 0. The van der Waals surface area contributed by atoms with E-state index in [0.717, 1.165) is 0 Å². The predicted molar refractivity (Wildman–Crippen MR) is 1.37 cm³/mol. The molecule has 25 valence electrons. The third-order valence-corrected chi connectivity index (χ3v) is 0.